The van der Waals surface area contributed by atoms with Crippen LogP contribution in [0.15, 0.2) is 34.9 Å². The number of aryl methyl sites for hydroxylation is 2. The predicted molar refractivity (Wildman–Crippen MR) is 99.0 cm³/mol. The third kappa shape index (κ3) is 3.23. The second-order valence-corrected chi connectivity index (χ2v) is 6.83. The van der Waals surface area contributed by atoms with Crippen molar-refractivity contribution in [2.24, 2.45) is 0 Å². The van der Waals surface area contributed by atoms with E-state index in [9.17, 15) is 0 Å². The number of hydrogen-bond donors (Lipinski definition) is 0. The number of para-hydroxylation sites is 1. The molecule has 0 atom stereocenters. The van der Waals surface area contributed by atoms with Crippen molar-refractivity contribution in [3.05, 3.63) is 47.7 Å². The van der Waals surface area contributed by atoms with Crippen LogP contribution < -0.4 is 4.90 Å². The highest BCUT2D eigenvalue weighted by molar-refractivity contribution is 5.92. The van der Waals surface area contributed by atoms with Gasteiger partial charge in [-0.25, -0.2) is 0 Å². The lowest BCUT2D eigenvalue weighted by atomic mass is 9.95. The zero-order chi connectivity index (χ0) is 17.2. The Hall–Kier alpha value is -2.43. The molecule has 0 unspecified atom stereocenters. The summed E-state index contributed by atoms with van der Waals surface area (Å²) in [6, 6.07) is 10.8. The number of piperidine rings is 1. The van der Waals surface area contributed by atoms with E-state index < -0.39 is 0 Å². The Bertz CT molecular complexity index is 865. The standard InChI is InChI=1S/C20H24N4O/c1-3-6-16-13-19(17-7-4-5-8-18(17)22-16)24-11-9-15(10-12-24)20-21-14(2)25-23-20/h4-5,7-8,13,15H,3,6,9-12H2,1-2H3. The summed E-state index contributed by atoms with van der Waals surface area (Å²) in [7, 11) is 0. The van der Waals surface area contributed by atoms with Gasteiger partial charge >= 0.3 is 0 Å². The van der Waals surface area contributed by atoms with Gasteiger partial charge in [0.1, 0.15) is 0 Å². The molecule has 1 aliphatic heterocycles. The minimum absolute atomic E-state index is 0.400. The molecule has 25 heavy (non-hydrogen) atoms. The van der Waals surface area contributed by atoms with Gasteiger partial charge in [-0.1, -0.05) is 36.7 Å². The van der Waals surface area contributed by atoms with E-state index in [0.717, 1.165) is 50.1 Å². The Morgan fingerprint density at radius 2 is 1.96 bits per heavy atom. The molecule has 0 bridgehead atoms. The fraction of sp³-hybridized carbons (Fsp3) is 0.450. The van der Waals surface area contributed by atoms with Gasteiger partial charge in [-0.05, 0) is 31.4 Å². The predicted octanol–water partition coefficient (Wildman–Crippen LogP) is 4.26. The van der Waals surface area contributed by atoms with E-state index >= 15 is 0 Å². The van der Waals surface area contributed by atoms with Crippen LogP contribution in [0, 0.1) is 6.92 Å². The number of rotatable bonds is 4. The summed E-state index contributed by atoms with van der Waals surface area (Å²) in [5.41, 5.74) is 3.60. The van der Waals surface area contributed by atoms with Crippen LogP contribution in [0.1, 0.15) is 49.5 Å². The average Bonchev–Trinajstić information content (AvgIpc) is 3.08. The van der Waals surface area contributed by atoms with E-state index in [1.165, 1.54) is 16.8 Å². The highest BCUT2D eigenvalue weighted by Gasteiger charge is 2.25. The fourth-order valence-electron chi connectivity index (χ4n) is 3.72. The molecule has 0 N–H and O–H groups in total. The zero-order valence-electron chi connectivity index (χ0n) is 14.9. The monoisotopic (exact) mass is 336 g/mol. The maximum atomic E-state index is 5.15. The first-order valence-electron chi connectivity index (χ1n) is 9.18. The highest BCUT2D eigenvalue weighted by Crippen LogP contribution is 2.33. The molecule has 1 aliphatic rings. The molecule has 1 aromatic carbocycles. The molecule has 1 saturated heterocycles. The first kappa shape index (κ1) is 16.1. The molecule has 3 aromatic rings. The molecule has 3 heterocycles. The molecule has 0 aliphatic carbocycles. The molecule has 0 saturated carbocycles. The lowest BCUT2D eigenvalue weighted by molar-refractivity contribution is 0.375. The molecule has 5 nitrogen and oxygen atoms in total. The van der Waals surface area contributed by atoms with Gasteiger partial charge in [-0.15, -0.1) is 0 Å². The number of pyridine rings is 1. The van der Waals surface area contributed by atoms with Crippen LogP contribution in [0.25, 0.3) is 10.9 Å². The van der Waals surface area contributed by atoms with Gasteiger partial charge in [0, 0.05) is 42.7 Å². The van der Waals surface area contributed by atoms with Crippen LogP contribution in [0.2, 0.25) is 0 Å². The highest BCUT2D eigenvalue weighted by atomic mass is 16.5. The summed E-state index contributed by atoms with van der Waals surface area (Å²) >= 11 is 0. The normalized spacial score (nSPS) is 15.8. The second kappa shape index (κ2) is 6.82. The number of benzene rings is 1. The van der Waals surface area contributed by atoms with Gasteiger partial charge in [0.15, 0.2) is 5.82 Å². The van der Waals surface area contributed by atoms with Crippen molar-refractivity contribution in [1.29, 1.82) is 0 Å². The van der Waals surface area contributed by atoms with Crippen LogP contribution in [0.5, 0.6) is 0 Å². The van der Waals surface area contributed by atoms with E-state index in [2.05, 4.69) is 52.3 Å². The third-order valence-corrected chi connectivity index (χ3v) is 5.00. The van der Waals surface area contributed by atoms with Crippen LogP contribution in [0.3, 0.4) is 0 Å². The lowest BCUT2D eigenvalue weighted by Crippen LogP contribution is -2.33. The van der Waals surface area contributed by atoms with E-state index in [0.29, 0.717) is 11.8 Å². The second-order valence-electron chi connectivity index (χ2n) is 6.83. The van der Waals surface area contributed by atoms with E-state index in [1.807, 2.05) is 6.92 Å². The van der Waals surface area contributed by atoms with Crippen LogP contribution >= 0.6 is 0 Å². The number of fused-ring (bicyclic) bond motifs is 1. The minimum atomic E-state index is 0.400. The summed E-state index contributed by atoms with van der Waals surface area (Å²) in [6.07, 6.45) is 4.25. The molecule has 2 aromatic heterocycles. The van der Waals surface area contributed by atoms with Gasteiger partial charge in [-0.2, -0.15) is 4.98 Å². The molecular formula is C20H24N4O. The van der Waals surface area contributed by atoms with E-state index in [1.54, 1.807) is 0 Å². The maximum absolute atomic E-state index is 5.15. The van der Waals surface area contributed by atoms with Gasteiger partial charge in [0.25, 0.3) is 0 Å². The van der Waals surface area contributed by atoms with Crippen LogP contribution in [-0.2, 0) is 6.42 Å². The van der Waals surface area contributed by atoms with Crippen molar-refractivity contribution < 1.29 is 4.52 Å². The van der Waals surface area contributed by atoms with Crippen molar-refractivity contribution in [2.45, 2.75) is 45.4 Å². The summed E-state index contributed by atoms with van der Waals surface area (Å²) in [5, 5.41) is 5.36. The fourth-order valence-corrected chi connectivity index (χ4v) is 3.72. The van der Waals surface area contributed by atoms with Gasteiger partial charge in [0.05, 0.1) is 5.52 Å². The Morgan fingerprint density at radius 3 is 2.68 bits per heavy atom. The number of anilines is 1. The first-order chi connectivity index (χ1) is 12.2. The molecule has 0 spiro atoms. The van der Waals surface area contributed by atoms with E-state index in [-0.39, 0.29) is 0 Å². The molecule has 4 rings (SSSR count). The maximum Gasteiger partial charge on any atom is 0.223 e. The van der Waals surface area contributed by atoms with Crippen LogP contribution in [-0.4, -0.2) is 28.2 Å². The Morgan fingerprint density at radius 1 is 1.16 bits per heavy atom. The van der Waals surface area contributed by atoms with Gasteiger partial charge in [0.2, 0.25) is 5.89 Å². The topological polar surface area (TPSA) is 55.1 Å². The first-order valence-corrected chi connectivity index (χ1v) is 9.18. The molecule has 130 valence electrons. The summed E-state index contributed by atoms with van der Waals surface area (Å²) in [6.45, 7) is 6.08. The summed E-state index contributed by atoms with van der Waals surface area (Å²) < 4.78 is 5.15. The Balaban J connectivity index is 1.59. The largest absolute Gasteiger partial charge is 0.371 e. The van der Waals surface area contributed by atoms with Crippen LogP contribution in [0.4, 0.5) is 5.69 Å². The van der Waals surface area contributed by atoms with Crippen molar-refractivity contribution >= 4 is 16.6 Å². The minimum Gasteiger partial charge on any atom is -0.371 e. The Kier molecular flexibility index (Phi) is 4.38. The number of aromatic nitrogens is 3. The van der Waals surface area contributed by atoms with Crippen molar-refractivity contribution in [3.8, 4) is 0 Å². The molecule has 0 amide bonds. The zero-order valence-corrected chi connectivity index (χ0v) is 14.9. The summed E-state index contributed by atoms with van der Waals surface area (Å²) in [5.74, 6) is 1.92. The molecule has 1 fully saturated rings. The Labute approximate surface area is 148 Å². The number of nitrogens with zero attached hydrogens (tertiary/aromatic N) is 4. The smallest absolute Gasteiger partial charge is 0.223 e. The molecule has 0 radical (unpaired) electrons. The summed E-state index contributed by atoms with van der Waals surface area (Å²) in [4.78, 5) is 11.7. The third-order valence-electron chi connectivity index (χ3n) is 5.00. The van der Waals surface area contributed by atoms with Crippen molar-refractivity contribution in [1.82, 2.24) is 15.1 Å². The van der Waals surface area contributed by atoms with Gasteiger partial charge < -0.3 is 9.42 Å². The van der Waals surface area contributed by atoms with Crippen molar-refractivity contribution in [3.63, 3.8) is 0 Å². The lowest BCUT2D eigenvalue weighted by Gasteiger charge is -2.33. The quantitative estimate of drug-likeness (QED) is 0.712. The molecular weight excluding hydrogens is 312 g/mol. The van der Waals surface area contributed by atoms with E-state index in [4.69, 9.17) is 9.51 Å². The number of hydrogen-bond acceptors (Lipinski definition) is 5. The van der Waals surface area contributed by atoms with Gasteiger partial charge in [-0.3, -0.25) is 4.98 Å². The van der Waals surface area contributed by atoms with Crippen molar-refractivity contribution in [2.75, 3.05) is 18.0 Å². The SMILES string of the molecule is CCCc1cc(N2CCC(c3noc(C)n3)CC2)c2ccccc2n1. The average molecular weight is 336 g/mol. The molecule has 5 heteroatoms.